The fourth-order valence-corrected chi connectivity index (χ4v) is 2.32. The molecular weight excluding hydrogens is 264 g/mol. The molecule has 2 N–H and O–H groups in total. The summed E-state index contributed by atoms with van der Waals surface area (Å²) in [4.78, 5) is 16.1. The average Bonchev–Trinajstić information content (AvgIpc) is 3.25. The van der Waals surface area contributed by atoms with Gasteiger partial charge in [0.25, 0.3) is 0 Å². The van der Waals surface area contributed by atoms with Crippen molar-refractivity contribution in [3.8, 4) is 0 Å². The van der Waals surface area contributed by atoms with E-state index in [4.69, 9.17) is 11.6 Å². The Hall–Kier alpha value is -1.13. The second-order valence-corrected chi connectivity index (χ2v) is 5.98. The Balaban J connectivity index is 1.70. The Labute approximate surface area is 117 Å². The third-order valence-corrected chi connectivity index (χ3v) is 4.02. The zero-order chi connectivity index (χ0) is 13.5. The first kappa shape index (κ1) is 12.9. The molecular formula is C14H17ClN2O2. The van der Waals surface area contributed by atoms with Gasteiger partial charge in [-0.3, -0.25) is 4.79 Å². The van der Waals surface area contributed by atoms with Crippen molar-refractivity contribution in [1.82, 2.24) is 4.98 Å². The van der Waals surface area contributed by atoms with Crippen molar-refractivity contribution in [2.45, 2.75) is 37.7 Å². The van der Waals surface area contributed by atoms with E-state index in [0.717, 1.165) is 31.4 Å². The minimum absolute atomic E-state index is 0.150. The van der Waals surface area contributed by atoms with Crippen LogP contribution in [0.15, 0.2) is 12.3 Å². The minimum Gasteiger partial charge on any atom is -0.390 e. The van der Waals surface area contributed by atoms with Crippen molar-refractivity contribution in [3.63, 3.8) is 0 Å². The maximum atomic E-state index is 12.1. The van der Waals surface area contributed by atoms with E-state index in [1.807, 2.05) is 0 Å². The highest BCUT2D eigenvalue weighted by molar-refractivity contribution is 6.29. The molecule has 0 aromatic carbocycles. The quantitative estimate of drug-likeness (QED) is 0.621. The number of aliphatic hydroxyl groups is 1. The monoisotopic (exact) mass is 280 g/mol. The molecule has 1 aromatic heterocycles. The molecule has 2 saturated carbocycles. The maximum absolute atomic E-state index is 12.1. The van der Waals surface area contributed by atoms with Gasteiger partial charge in [-0.1, -0.05) is 11.6 Å². The molecule has 2 aliphatic rings. The molecule has 1 aromatic rings. The Kier molecular flexibility index (Phi) is 3.23. The summed E-state index contributed by atoms with van der Waals surface area (Å²) in [5.41, 5.74) is 0.876. The van der Waals surface area contributed by atoms with Crippen molar-refractivity contribution in [3.05, 3.63) is 23.0 Å². The van der Waals surface area contributed by atoms with Gasteiger partial charge < -0.3 is 10.4 Å². The first-order chi connectivity index (χ1) is 9.07. The summed E-state index contributed by atoms with van der Waals surface area (Å²) >= 11 is 5.89. The number of rotatable bonds is 6. The number of halogens is 1. The van der Waals surface area contributed by atoms with Crippen LogP contribution in [0, 0.1) is 5.92 Å². The molecule has 102 valence electrons. The highest BCUT2D eigenvalue weighted by atomic mass is 35.5. The molecule has 0 atom stereocenters. The molecule has 0 saturated heterocycles. The lowest BCUT2D eigenvalue weighted by molar-refractivity contribution is 0.0968. The van der Waals surface area contributed by atoms with E-state index in [-0.39, 0.29) is 11.7 Å². The van der Waals surface area contributed by atoms with Crippen molar-refractivity contribution in [2.24, 2.45) is 5.92 Å². The number of hydrogen-bond acceptors (Lipinski definition) is 4. The molecule has 19 heavy (non-hydrogen) atoms. The van der Waals surface area contributed by atoms with Crippen LogP contribution in [0.3, 0.4) is 0 Å². The number of ketones is 1. The Morgan fingerprint density at radius 3 is 2.89 bits per heavy atom. The summed E-state index contributed by atoms with van der Waals surface area (Å²) in [5, 5.41) is 13.4. The molecule has 0 spiro atoms. The third-order valence-electron chi connectivity index (χ3n) is 3.82. The van der Waals surface area contributed by atoms with Crippen molar-refractivity contribution in [1.29, 1.82) is 0 Å². The van der Waals surface area contributed by atoms with E-state index in [0.29, 0.717) is 23.7 Å². The predicted molar refractivity (Wildman–Crippen MR) is 73.6 cm³/mol. The molecule has 0 aliphatic heterocycles. The van der Waals surface area contributed by atoms with Crippen LogP contribution in [0.4, 0.5) is 5.69 Å². The van der Waals surface area contributed by atoms with Gasteiger partial charge in [0.1, 0.15) is 5.15 Å². The van der Waals surface area contributed by atoms with Gasteiger partial charge in [0.2, 0.25) is 0 Å². The predicted octanol–water partition coefficient (Wildman–Crippen LogP) is 2.65. The second-order valence-electron chi connectivity index (χ2n) is 5.59. The molecule has 2 fully saturated rings. The molecule has 4 nitrogen and oxygen atoms in total. The van der Waals surface area contributed by atoms with Crippen molar-refractivity contribution >= 4 is 23.1 Å². The number of pyridine rings is 1. The molecule has 3 rings (SSSR count). The summed E-state index contributed by atoms with van der Waals surface area (Å²) in [6, 6.07) is 1.69. The zero-order valence-electron chi connectivity index (χ0n) is 10.7. The van der Waals surface area contributed by atoms with Gasteiger partial charge in [-0.25, -0.2) is 4.98 Å². The van der Waals surface area contributed by atoms with Crippen LogP contribution in [0.5, 0.6) is 0 Å². The molecule has 0 amide bonds. The number of hydrogen-bond donors (Lipinski definition) is 2. The highest BCUT2D eigenvalue weighted by Crippen LogP contribution is 2.38. The van der Waals surface area contributed by atoms with E-state index in [1.165, 1.54) is 0 Å². The Morgan fingerprint density at radius 2 is 2.26 bits per heavy atom. The molecule has 0 bridgehead atoms. The van der Waals surface area contributed by atoms with Gasteiger partial charge in [0.15, 0.2) is 5.78 Å². The fourth-order valence-electron chi connectivity index (χ4n) is 2.16. The normalized spacial score (nSPS) is 20.1. The Morgan fingerprint density at radius 1 is 1.53 bits per heavy atom. The summed E-state index contributed by atoms with van der Waals surface area (Å²) in [6.07, 6.45) is 5.95. The van der Waals surface area contributed by atoms with Crippen LogP contribution >= 0.6 is 11.6 Å². The Bertz CT molecular complexity index is 510. The van der Waals surface area contributed by atoms with E-state index in [1.54, 1.807) is 12.3 Å². The lowest BCUT2D eigenvalue weighted by atomic mass is 10.1. The lowest BCUT2D eigenvalue weighted by Gasteiger charge is -2.13. The number of aromatic nitrogens is 1. The number of nitrogens with zero attached hydrogens (tertiary/aromatic N) is 1. The smallest absolute Gasteiger partial charge is 0.169 e. The van der Waals surface area contributed by atoms with Crippen LogP contribution in [-0.2, 0) is 0 Å². The van der Waals surface area contributed by atoms with Crippen LogP contribution in [0.25, 0.3) is 0 Å². The first-order valence-electron chi connectivity index (χ1n) is 6.73. The van der Waals surface area contributed by atoms with E-state index in [9.17, 15) is 9.90 Å². The summed E-state index contributed by atoms with van der Waals surface area (Å²) in [7, 11) is 0. The first-order valence-corrected chi connectivity index (χ1v) is 7.11. The number of carbonyl (C=O) groups excluding carboxylic acids is 1. The molecule has 1 heterocycles. The van der Waals surface area contributed by atoms with Gasteiger partial charge in [0.05, 0.1) is 11.2 Å². The van der Waals surface area contributed by atoms with Crippen molar-refractivity contribution in [2.75, 3.05) is 11.9 Å². The van der Waals surface area contributed by atoms with Crippen LogP contribution in [-0.4, -0.2) is 28.0 Å². The molecule has 0 radical (unpaired) electrons. The van der Waals surface area contributed by atoms with Gasteiger partial charge in [0, 0.05) is 24.3 Å². The zero-order valence-corrected chi connectivity index (χ0v) is 11.4. The minimum atomic E-state index is -0.482. The third kappa shape index (κ3) is 3.07. The van der Waals surface area contributed by atoms with E-state index in [2.05, 4.69) is 10.3 Å². The second kappa shape index (κ2) is 4.76. The average molecular weight is 281 g/mol. The fraction of sp³-hybridized carbons (Fsp3) is 0.571. The lowest BCUT2D eigenvalue weighted by Crippen LogP contribution is -2.16. The highest BCUT2D eigenvalue weighted by Gasteiger charge is 2.39. The maximum Gasteiger partial charge on any atom is 0.169 e. The molecule has 0 unspecified atom stereocenters. The number of Topliss-reactive ketones (excluding diaryl/α,β-unsaturated/α-hetero) is 1. The van der Waals surface area contributed by atoms with E-state index < -0.39 is 5.60 Å². The van der Waals surface area contributed by atoms with Gasteiger partial charge in [-0.15, -0.1) is 0 Å². The van der Waals surface area contributed by atoms with Crippen LogP contribution < -0.4 is 5.32 Å². The van der Waals surface area contributed by atoms with Gasteiger partial charge >= 0.3 is 0 Å². The SMILES string of the molecule is O=C(c1cnc(Cl)cc1NCCC1(O)CC1)C1CC1. The number of carbonyl (C=O) groups is 1. The largest absolute Gasteiger partial charge is 0.390 e. The summed E-state index contributed by atoms with van der Waals surface area (Å²) in [6.45, 7) is 0.641. The van der Waals surface area contributed by atoms with Crippen molar-refractivity contribution < 1.29 is 9.90 Å². The van der Waals surface area contributed by atoms with Gasteiger partial charge in [-0.05, 0) is 38.2 Å². The summed E-state index contributed by atoms with van der Waals surface area (Å²) < 4.78 is 0. The molecule has 5 heteroatoms. The van der Waals surface area contributed by atoms with Crippen LogP contribution in [0.2, 0.25) is 5.15 Å². The topological polar surface area (TPSA) is 62.2 Å². The van der Waals surface area contributed by atoms with E-state index >= 15 is 0 Å². The molecule has 2 aliphatic carbocycles. The number of nitrogens with one attached hydrogen (secondary N) is 1. The standard InChI is InChI=1S/C14H17ClN2O2/c15-12-7-11(16-6-5-14(19)3-4-14)10(8-17-12)13(18)9-1-2-9/h7-9,19H,1-6H2,(H,16,17). The number of anilines is 1. The summed E-state index contributed by atoms with van der Waals surface area (Å²) in [5.74, 6) is 0.313. The van der Waals surface area contributed by atoms with Gasteiger partial charge in [-0.2, -0.15) is 0 Å². The van der Waals surface area contributed by atoms with Crippen LogP contribution in [0.1, 0.15) is 42.5 Å².